The molecular weight excluding hydrogens is 384 g/mol. The molecule has 3 aromatic rings. The fourth-order valence-corrected chi connectivity index (χ4v) is 4.08. The lowest BCUT2D eigenvalue weighted by Crippen LogP contribution is -2.15. The van der Waals surface area contributed by atoms with E-state index in [1.807, 2.05) is 31.1 Å². The quantitative estimate of drug-likeness (QED) is 0.660. The van der Waals surface area contributed by atoms with Crippen LogP contribution in [0.3, 0.4) is 0 Å². The number of carbonyl (C=O) groups excluding carboxylic acids is 1. The summed E-state index contributed by atoms with van der Waals surface area (Å²) in [5.41, 5.74) is 1.93. The van der Waals surface area contributed by atoms with Crippen molar-refractivity contribution in [3.63, 3.8) is 0 Å². The molecule has 0 fully saturated rings. The number of hydrogen-bond donors (Lipinski definition) is 2. The maximum Gasteiger partial charge on any atom is 0.263 e. The number of carbonyl (C=O) groups is 1. The molecule has 0 aliphatic heterocycles. The van der Waals surface area contributed by atoms with Crippen LogP contribution in [0.2, 0.25) is 0 Å². The van der Waals surface area contributed by atoms with E-state index in [2.05, 4.69) is 15.0 Å². The van der Waals surface area contributed by atoms with Gasteiger partial charge < -0.3 is 10.2 Å². The van der Waals surface area contributed by atoms with Gasteiger partial charge in [-0.05, 0) is 42.5 Å². The summed E-state index contributed by atoms with van der Waals surface area (Å²) in [6.45, 7) is 0. The summed E-state index contributed by atoms with van der Waals surface area (Å²) in [6, 6.07) is 13.2. The van der Waals surface area contributed by atoms with Gasteiger partial charge in [0.1, 0.15) is 0 Å². The molecule has 0 atom stereocenters. The van der Waals surface area contributed by atoms with Gasteiger partial charge in [0, 0.05) is 42.6 Å². The fourth-order valence-electron chi connectivity index (χ4n) is 2.29. The molecule has 3 rings (SSSR count). The van der Waals surface area contributed by atoms with E-state index in [-0.39, 0.29) is 10.8 Å². The molecule has 2 aromatic carbocycles. The molecule has 0 bridgehead atoms. The molecule has 27 heavy (non-hydrogen) atoms. The first-order chi connectivity index (χ1) is 12.8. The molecule has 0 aliphatic carbocycles. The van der Waals surface area contributed by atoms with E-state index < -0.39 is 10.0 Å². The average Bonchev–Trinajstić information content (AvgIpc) is 3.14. The highest BCUT2D eigenvalue weighted by molar-refractivity contribution is 7.93. The average molecular weight is 403 g/mol. The molecule has 1 heterocycles. The van der Waals surface area contributed by atoms with E-state index in [9.17, 15) is 13.2 Å². The van der Waals surface area contributed by atoms with Gasteiger partial charge in [-0.1, -0.05) is 6.07 Å². The van der Waals surface area contributed by atoms with Gasteiger partial charge in [0.25, 0.3) is 15.9 Å². The Bertz CT molecular complexity index is 1030. The van der Waals surface area contributed by atoms with Crippen LogP contribution in [-0.4, -0.2) is 33.4 Å². The second kappa shape index (κ2) is 7.77. The summed E-state index contributed by atoms with van der Waals surface area (Å²) < 4.78 is 27.0. The number of thiazole rings is 1. The Hall–Kier alpha value is -2.91. The van der Waals surface area contributed by atoms with Crippen molar-refractivity contribution in [2.45, 2.75) is 4.90 Å². The van der Waals surface area contributed by atoms with Gasteiger partial charge in [-0.3, -0.25) is 9.52 Å². The van der Waals surface area contributed by atoms with Crippen molar-refractivity contribution in [3.8, 4) is 0 Å². The van der Waals surface area contributed by atoms with Crippen molar-refractivity contribution in [3.05, 3.63) is 65.7 Å². The molecule has 7 nitrogen and oxygen atoms in total. The Morgan fingerprint density at radius 3 is 2.48 bits per heavy atom. The number of nitrogens with one attached hydrogen (secondary N) is 2. The molecule has 0 saturated heterocycles. The Balaban J connectivity index is 1.72. The predicted octanol–water partition coefficient (Wildman–Crippen LogP) is 3.26. The van der Waals surface area contributed by atoms with Crippen LogP contribution in [0.25, 0.3) is 0 Å². The van der Waals surface area contributed by atoms with Crippen LogP contribution < -0.4 is 14.9 Å². The molecule has 2 N–H and O–H groups in total. The summed E-state index contributed by atoms with van der Waals surface area (Å²) >= 11 is 1.19. The van der Waals surface area contributed by atoms with Gasteiger partial charge >= 0.3 is 0 Å². The van der Waals surface area contributed by atoms with E-state index in [1.165, 1.54) is 29.7 Å². The number of benzene rings is 2. The third kappa shape index (κ3) is 4.63. The van der Waals surface area contributed by atoms with E-state index in [4.69, 9.17) is 0 Å². The topological polar surface area (TPSA) is 91.4 Å². The number of aromatic nitrogens is 1. The summed E-state index contributed by atoms with van der Waals surface area (Å²) in [7, 11) is 0.0814. The predicted molar refractivity (Wildman–Crippen MR) is 108 cm³/mol. The smallest absolute Gasteiger partial charge is 0.263 e. The standard InChI is InChI=1S/C18H18N4O3S2/c1-22(2)15-5-3-4-13(12-15)17(23)20-14-6-8-16(9-7-14)27(24,25)21-18-19-10-11-26-18/h3-12H,1-2H3,(H,19,21)(H,20,23). The van der Waals surface area contributed by atoms with Gasteiger partial charge in [0.05, 0.1) is 4.90 Å². The van der Waals surface area contributed by atoms with Crippen LogP contribution in [0.15, 0.2) is 65.0 Å². The monoisotopic (exact) mass is 402 g/mol. The van der Waals surface area contributed by atoms with Gasteiger partial charge in [0.2, 0.25) is 0 Å². The highest BCUT2D eigenvalue weighted by atomic mass is 32.2. The summed E-state index contributed by atoms with van der Waals surface area (Å²) in [4.78, 5) is 18.3. The zero-order valence-electron chi connectivity index (χ0n) is 14.7. The van der Waals surface area contributed by atoms with E-state index in [0.29, 0.717) is 16.4 Å². The molecule has 0 radical (unpaired) electrons. The first kappa shape index (κ1) is 18.9. The largest absolute Gasteiger partial charge is 0.378 e. The third-order valence-corrected chi connectivity index (χ3v) is 5.87. The SMILES string of the molecule is CN(C)c1cccc(C(=O)Nc2ccc(S(=O)(=O)Nc3nccs3)cc2)c1. The third-order valence-electron chi connectivity index (χ3n) is 3.70. The Morgan fingerprint density at radius 1 is 1.11 bits per heavy atom. The highest BCUT2D eigenvalue weighted by Crippen LogP contribution is 2.20. The molecule has 1 amide bonds. The minimum absolute atomic E-state index is 0.0882. The van der Waals surface area contributed by atoms with Crippen molar-refractivity contribution in [2.24, 2.45) is 0 Å². The Labute approximate surface area is 161 Å². The second-order valence-electron chi connectivity index (χ2n) is 5.87. The molecule has 0 saturated carbocycles. The highest BCUT2D eigenvalue weighted by Gasteiger charge is 2.15. The molecule has 0 aliphatic rings. The van der Waals surface area contributed by atoms with E-state index in [1.54, 1.807) is 29.6 Å². The molecule has 9 heteroatoms. The van der Waals surface area contributed by atoms with Crippen molar-refractivity contribution < 1.29 is 13.2 Å². The van der Waals surface area contributed by atoms with Crippen molar-refractivity contribution >= 4 is 43.8 Å². The zero-order chi connectivity index (χ0) is 19.4. The number of sulfonamides is 1. The Morgan fingerprint density at radius 2 is 1.85 bits per heavy atom. The normalized spacial score (nSPS) is 11.0. The molecule has 0 unspecified atom stereocenters. The van der Waals surface area contributed by atoms with Crippen LogP contribution in [-0.2, 0) is 10.0 Å². The molecule has 140 valence electrons. The first-order valence-electron chi connectivity index (χ1n) is 7.96. The van der Waals surface area contributed by atoms with Crippen molar-refractivity contribution in [1.29, 1.82) is 0 Å². The van der Waals surface area contributed by atoms with Crippen molar-refractivity contribution in [2.75, 3.05) is 29.0 Å². The molecular formula is C18H18N4O3S2. The van der Waals surface area contributed by atoms with Gasteiger partial charge in [-0.15, -0.1) is 11.3 Å². The maximum atomic E-state index is 12.4. The lowest BCUT2D eigenvalue weighted by Gasteiger charge is -2.13. The van der Waals surface area contributed by atoms with Gasteiger partial charge in [-0.25, -0.2) is 13.4 Å². The minimum Gasteiger partial charge on any atom is -0.378 e. The zero-order valence-corrected chi connectivity index (χ0v) is 16.3. The van der Waals surface area contributed by atoms with Crippen LogP contribution >= 0.6 is 11.3 Å². The fraction of sp³-hybridized carbons (Fsp3) is 0.111. The number of rotatable bonds is 6. The van der Waals surface area contributed by atoms with Crippen LogP contribution in [0, 0.1) is 0 Å². The number of anilines is 3. The van der Waals surface area contributed by atoms with Crippen molar-refractivity contribution in [1.82, 2.24) is 4.98 Å². The van der Waals surface area contributed by atoms with Crippen LogP contribution in [0.1, 0.15) is 10.4 Å². The number of nitrogens with zero attached hydrogens (tertiary/aromatic N) is 2. The lowest BCUT2D eigenvalue weighted by atomic mass is 10.1. The van der Waals surface area contributed by atoms with Gasteiger partial charge in [0.15, 0.2) is 5.13 Å². The maximum absolute atomic E-state index is 12.4. The van der Waals surface area contributed by atoms with E-state index in [0.717, 1.165) is 5.69 Å². The van der Waals surface area contributed by atoms with Gasteiger partial charge in [-0.2, -0.15) is 0 Å². The number of hydrogen-bond acceptors (Lipinski definition) is 6. The number of amides is 1. The summed E-state index contributed by atoms with van der Waals surface area (Å²) in [5.74, 6) is -0.268. The molecule has 1 aromatic heterocycles. The lowest BCUT2D eigenvalue weighted by molar-refractivity contribution is 0.102. The van der Waals surface area contributed by atoms with Crippen LogP contribution in [0.5, 0.6) is 0 Å². The Kier molecular flexibility index (Phi) is 5.43. The minimum atomic E-state index is -3.72. The second-order valence-corrected chi connectivity index (χ2v) is 8.44. The summed E-state index contributed by atoms with van der Waals surface area (Å²) in [6.07, 6.45) is 1.52. The molecule has 0 spiro atoms. The van der Waals surface area contributed by atoms with Crippen LogP contribution in [0.4, 0.5) is 16.5 Å². The first-order valence-corrected chi connectivity index (χ1v) is 10.3. The summed E-state index contributed by atoms with van der Waals surface area (Å²) in [5, 5.41) is 4.75. The van der Waals surface area contributed by atoms with E-state index >= 15 is 0 Å².